The van der Waals surface area contributed by atoms with Crippen LogP contribution in [0, 0.1) is 0 Å². The molecule has 1 rings (SSSR count). The average molecular weight is 299 g/mol. The molecule has 0 aliphatic carbocycles. The van der Waals surface area contributed by atoms with E-state index in [1.54, 1.807) is 0 Å². The molecule has 0 atom stereocenters. The molecule has 0 bridgehead atoms. The molecule has 16 heavy (non-hydrogen) atoms. The van der Waals surface area contributed by atoms with Gasteiger partial charge in [0.25, 0.3) is 0 Å². The van der Waals surface area contributed by atoms with Gasteiger partial charge in [-0.15, -0.1) is 0 Å². The number of hydrogen-bond donors (Lipinski definition) is 0. The largest absolute Gasteiger partial charge is 0.305 e. The first kappa shape index (κ1) is 15.4. The Kier molecular flexibility index (Phi) is 8.10. The highest BCUT2D eigenvalue weighted by atomic mass is 33.1. The van der Waals surface area contributed by atoms with Crippen molar-refractivity contribution in [3.05, 3.63) is 0 Å². The molecule has 0 amide bonds. The maximum atomic E-state index is 2.35. The minimum atomic E-state index is 0.714. The highest BCUT2D eigenvalue weighted by Gasteiger charge is 2.17. The van der Waals surface area contributed by atoms with Crippen molar-refractivity contribution in [3.8, 4) is 0 Å². The Bertz CT molecular complexity index is 158. The minimum Gasteiger partial charge on any atom is -0.305 e. The summed E-state index contributed by atoms with van der Waals surface area (Å²) in [5, 5.41) is 0. The predicted octanol–water partition coefficient (Wildman–Crippen LogP) is 2.62. The molecule has 0 spiro atoms. The van der Waals surface area contributed by atoms with Crippen molar-refractivity contribution in [2.75, 3.05) is 51.2 Å². The third-order valence-electron chi connectivity index (χ3n) is 2.67. The molecular formula is C10H22N2S4. The van der Waals surface area contributed by atoms with Crippen LogP contribution in [0.2, 0.25) is 0 Å². The van der Waals surface area contributed by atoms with Crippen LogP contribution in [0.3, 0.4) is 0 Å². The second-order valence-corrected chi connectivity index (χ2v) is 9.48. The van der Waals surface area contributed by atoms with Crippen LogP contribution < -0.4 is 0 Å². The third kappa shape index (κ3) is 5.78. The van der Waals surface area contributed by atoms with Gasteiger partial charge < -0.3 is 9.80 Å². The molecule has 1 heterocycles. The molecule has 1 aliphatic rings. The van der Waals surface area contributed by atoms with Crippen molar-refractivity contribution in [1.29, 1.82) is 0 Å². The highest BCUT2D eigenvalue weighted by molar-refractivity contribution is 8.77. The van der Waals surface area contributed by atoms with E-state index < -0.39 is 0 Å². The molecule has 0 aromatic heterocycles. The van der Waals surface area contributed by atoms with E-state index in [1.807, 2.05) is 43.2 Å². The summed E-state index contributed by atoms with van der Waals surface area (Å²) >= 11 is 0. The average Bonchev–Trinajstić information content (AvgIpc) is 2.24. The van der Waals surface area contributed by atoms with Gasteiger partial charge in [0, 0.05) is 35.1 Å². The second kappa shape index (κ2) is 8.43. The van der Waals surface area contributed by atoms with Gasteiger partial charge in [-0.3, -0.25) is 0 Å². The Morgan fingerprint density at radius 2 is 0.875 bits per heavy atom. The summed E-state index contributed by atoms with van der Waals surface area (Å²) in [7, 11) is 16.9. The Morgan fingerprint density at radius 3 is 1.06 bits per heavy atom. The van der Waals surface area contributed by atoms with E-state index in [1.165, 1.54) is 23.0 Å². The first-order valence-corrected chi connectivity index (χ1v) is 10.4. The molecule has 1 aliphatic heterocycles. The summed E-state index contributed by atoms with van der Waals surface area (Å²) in [6, 6.07) is 1.43. The van der Waals surface area contributed by atoms with E-state index in [0.29, 0.717) is 12.1 Å². The Balaban J connectivity index is 2.37. The fraction of sp³-hybridized carbons (Fsp3) is 1.00. The normalized spacial score (nSPS) is 29.6. The summed E-state index contributed by atoms with van der Waals surface area (Å²) < 4.78 is 0. The molecule has 0 radical (unpaired) electrons. The smallest absolute Gasteiger partial charge is 0.0287 e. The van der Waals surface area contributed by atoms with Gasteiger partial charge >= 0.3 is 0 Å². The summed E-state index contributed by atoms with van der Waals surface area (Å²) in [5.41, 5.74) is 0. The molecule has 2 nitrogen and oxygen atoms in total. The summed E-state index contributed by atoms with van der Waals surface area (Å²) in [6.45, 7) is 0. The van der Waals surface area contributed by atoms with Crippen LogP contribution in [0.4, 0.5) is 0 Å². The van der Waals surface area contributed by atoms with Gasteiger partial charge in [0.2, 0.25) is 0 Å². The van der Waals surface area contributed by atoms with E-state index in [4.69, 9.17) is 0 Å². The zero-order valence-electron chi connectivity index (χ0n) is 10.5. The predicted molar refractivity (Wildman–Crippen MR) is 84.8 cm³/mol. The summed E-state index contributed by atoms with van der Waals surface area (Å²) in [4.78, 5) is 4.71. The van der Waals surface area contributed by atoms with E-state index in [9.17, 15) is 0 Å². The van der Waals surface area contributed by atoms with Crippen LogP contribution in [-0.4, -0.2) is 73.1 Å². The van der Waals surface area contributed by atoms with Crippen LogP contribution in [0.5, 0.6) is 0 Å². The molecule has 96 valence electrons. The standard InChI is InChI=1S/C10H22N2S4/c1-11(2)9-5-13-15-7-10(12(3)4)8-16-14-6-9/h9-10H,5-8H2,1-4H3. The van der Waals surface area contributed by atoms with Gasteiger partial charge in [0.15, 0.2) is 0 Å². The topological polar surface area (TPSA) is 6.48 Å². The molecule has 1 saturated heterocycles. The van der Waals surface area contributed by atoms with Crippen molar-refractivity contribution in [3.63, 3.8) is 0 Å². The maximum absolute atomic E-state index is 2.35. The molecule has 0 saturated carbocycles. The van der Waals surface area contributed by atoms with Crippen LogP contribution in [0.25, 0.3) is 0 Å². The molecule has 0 aromatic carbocycles. The molecule has 0 aromatic rings. The quantitative estimate of drug-likeness (QED) is 0.718. The fourth-order valence-corrected chi connectivity index (χ4v) is 7.21. The molecule has 6 heteroatoms. The number of rotatable bonds is 2. The third-order valence-corrected chi connectivity index (χ3v) is 7.72. The van der Waals surface area contributed by atoms with Crippen LogP contribution in [-0.2, 0) is 0 Å². The lowest BCUT2D eigenvalue weighted by Gasteiger charge is -2.27. The van der Waals surface area contributed by atoms with Crippen LogP contribution in [0.1, 0.15) is 0 Å². The van der Waals surface area contributed by atoms with Crippen molar-refractivity contribution >= 4 is 43.2 Å². The van der Waals surface area contributed by atoms with Crippen LogP contribution in [0.15, 0.2) is 0 Å². The van der Waals surface area contributed by atoms with Gasteiger partial charge in [-0.25, -0.2) is 0 Å². The molecular weight excluding hydrogens is 276 g/mol. The SMILES string of the molecule is CN(C)C1CSSCC(N(C)C)CSSC1. The lowest BCUT2D eigenvalue weighted by atomic mass is 10.4. The Hall–Kier alpha value is 1.32. The van der Waals surface area contributed by atoms with Crippen molar-refractivity contribution in [2.24, 2.45) is 0 Å². The van der Waals surface area contributed by atoms with Crippen LogP contribution >= 0.6 is 43.2 Å². The van der Waals surface area contributed by atoms with Gasteiger partial charge in [0.1, 0.15) is 0 Å². The van der Waals surface area contributed by atoms with Gasteiger partial charge in [-0.05, 0) is 28.2 Å². The zero-order valence-corrected chi connectivity index (χ0v) is 13.8. The summed E-state index contributed by atoms with van der Waals surface area (Å²) in [5.74, 6) is 4.97. The van der Waals surface area contributed by atoms with Gasteiger partial charge in [-0.1, -0.05) is 43.2 Å². The first-order valence-electron chi connectivity index (χ1n) is 5.43. The van der Waals surface area contributed by atoms with Crippen molar-refractivity contribution in [2.45, 2.75) is 12.1 Å². The van der Waals surface area contributed by atoms with E-state index in [-0.39, 0.29) is 0 Å². The Labute approximate surface area is 116 Å². The van der Waals surface area contributed by atoms with Crippen molar-refractivity contribution in [1.82, 2.24) is 9.80 Å². The number of hydrogen-bond acceptors (Lipinski definition) is 6. The monoisotopic (exact) mass is 298 g/mol. The minimum absolute atomic E-state index is 0.714. The van der Waals surface area contributed by atoms with E-state index in [2.05, 4.69) is 38.0 Å². The highest BCUT2D eigenvalue weighted by Crippen LogP contribution is 2.32. The van der Waals surface area contributed by atoms with Crippen molar-refractivity contribution < 1.29 is 0 Å². The molecule has 0 unspecified atom stereocenters. The second-order valence-electron chi connectivity index (χ2n) is 4.37. The molecule has 0 N–H and O–H groups in total. The summed E-state index contributed by atoms with van der Waals surface area (Å²) in [6.07, 6.45) is 0. The molecule has 1 fully saturated rings. The van der Waals surface area contributed by atoms with E-state index in [0.717, 1.165) is 0 Å². The van der Waals surface area contributed by atoms with E-state index >= 15 is 0 Å². The van der Waals surface area contributed by atoms with Gasteiger partial charge in [-0.2, -0.15) is 0 Å². The Morgan fingerprint density at radius 1 is 0.625 bits per heavy atom. The lowest BCUT2D eigenvalue weighted by molar-refractivity contribution is 0.343. The first-order chi connectivity index (χ1) is 7.61. The fourth-order valence-electron chi connectivity index (χ4n) is 1.20. The zero-order chi connectivity index (χ0) is 12.0. The lowest BCUT2D eigenvalue weighted by Crippen LogP contribution is -2.34. The number of nitrogens with zero attached hydrogens (tertiary/aromatic N) is 2. The van der Waals surface area contributed by atoms with Gasteiger partial charge in [0.05, 0.1) is 0 Å². The maximum Gasteiger partial charge on any atom is 0.0287 e.